The zero-order valence-corrected chi connectivity index (χ0v) is 21.3. The molecule has 0 amide bonds. The van der Waals surface area contributed by atoms with Gasteiger partial charge in [0.25, 0.3) is 0 Å². The summed E-state index contributed by atoms with van der Waals surface area (Å²) in [4.78, 5) is 12.0. The van der Waals surface area contributed by atoms with E-state index in [0.29, 0.717) is 26.2 Å². The Morgan fingerprint density at radius 2 is 1.89 bits per heavy atom. The molecule has 0 radical (unpaired) electrons. The third-order valence-electron chi connectivity index (χ3n) is 7.30. The minimum absolute atomic E-state index is 0.514. The van der Waals surface area contributed by atoms with Gasteiger partial charge in [0.05, 0.1) is 18.9 Å². The molecule has 37 heavy (non-hydrogen) atoms. The molecule has 7 rings (SSSR count). The predicted molar refractivity (Wildman–Crippen MR) is 147 cm³/mol. The highest BCUT2D eigenvalue weighted by atomic mass is 16.5. The minimum atomic E-state index is 0.514. The van der Waals surface area contributed by atoms with Gasteiger partial charge >= 0.3 is 0 Å². The molecule has 6 heteroatoms. The number of hydrogen-bond acceptors (Lipinski definition) is 5. The number of benzene rings is 2. The van der Waals surface area contributed by atoms with Gasteiger partial charge in [-0.2, -0.15) is 0 Å². The number of fused-ring (bicyclic) bond motifs is 6. The van der Waals surface area contributed by atoms with Crippen LogP contribution in [-0.4, -0.2) is 52.3 Å². The molecule has 0 N–H and O–H groups in total. The molecule has 5 heterocycles. The molecule has 4 aromatic rings. The predicted octanol–water partition coefficient (Wildman–Crippen LogP) is 5.64. The maximum absolute atomic E-state index is 6.23. The van der Waals surface area contributed by atoms with E-state index in [1.165, 1.54) is 36.8 Å². The Hall–Kier alpha value is -3.48. The second-order valence-corrected chi connectivity index (χ2v) is 9.93. The lowest BCUT2D eigenvalue weighted by Crippen LogP contribution is -2.25. The van der Waals surface area contributed by atoms with E-state index in [9.17, 15) is 0 Å². The second-order valence-electron chi connectivity index (χ2n) is 9.93. The zero-order chi connectivity index (χ0) is 24.9. The lowest BCUT2D eigenvalue weighted by atomic mass is 10.1. The summed E-state index contributed by atoms with van der Waals surface area (Å²) in [5.41, 5.74) is 5.54. The SMILES string of the molecule is C1=C\COCc2cc(ccc2OCCN2CCCC2)Cc2nccc(n2)-c2ccc3c(ccn3CC/1)c2. The molecule has 0 aliphatic carbocycles. The van der Waals surface area contributed by atoms with Gasteiger partial charge in [0.1, 0.15) is 18.2 Å². The molecule has 3 aliphatic heterocycles. The van der Waals surface area contributed by atoms with E-state index in [2.05, 4.69) is 75.3 Å². The number of aromatic nitrogens is 3. The van der Waals surface area contributed by atoms with Gasteiger partial charge in [-0.1, -0.05) is 24.3 Å². The van der Waals surface area contributed by atoms with Gasteiger partial charge in [-0.15, -0.1) is 0 Å². The molecule has 0 atom stereocenters. The summed E-state index contributed by atoms with van der Waals surface area (Å²) in [5, 5.41) is 1.23. The fourth-order valence-electron chi connectivity index (χ4n) is 5.31. The van der Waals surface area contributed by atoms with E-state index >= 15 is 0 Å². The molecular weight excluding hydrogens is 460 g/mol. The lowest BCUT2D eigenvalue weighted by Gasteiger charge is -2.17. The maximum Gasteiger partial charge on any atom is 0.133 e. The van der Waals surface area contributed by atoms with Crippen LogP contribution in [0.4, 0.5) is 0 Å². The van der Waals surface area contributed by atoms with Crippen LogP contribution in [0.25, 0.3) is 22.2 Å². The van der Waals surface area contributed by atoms with Crippen LogP contribution in [0.15, 0.2) is 73.1 Å². The molecule has 2 aromatic heterocycles. The quantitative estimate of drug-likeness (QED) is 0.344. The standard InChI is InChI=1S/C31H34N4O2/c1-2-15-35-16-11-26-22-25(7-8-29(26)35)28-10-12-32-31(33-28)21-24-6-9-30(27(20-24)23-36-18-5-1)37-19-17-34-13-3-4-14-34/h1,5-12,16,20,22H,2-4,13-15,17-19,21,23H2/b5-1-. The number of likely N-dealkylation sites (tertiary alicyclic amines) is 1. The van der Waals surface area contributed by atoms with Crippen LogP contribution in [-0.2, 0) is 24.3 Å². The fraction of sp³-hybridized carbons (Fsp3) is 0.355. The van der Waals surface area contributed by atoms with E-state index in [4.69, 9.17) is 14.5 Å². The maximum atomic E-state index is 6.23. The third-order valence-corrected chi connectivity index (χ3v) is 7.30. The molecule has 0 spiro atoms. The Morgan fingerprint density at radius 3 is 2.84 bits per heavy atom. The Morgan fingerprint density at radius 1 is 0.946 bits per heavy atom. The van der Waals surface area contributed by atoms with E-state index in [-0.39, 0.29) is 0 Å². The van der Waals surface area contributed by atoms with Crippen molar-refractivity contribution in [1.29, 1.82) is 0 Å². The van der Waals surface area contributed by atoms with E-state index in [1.54, 1.807) is 0 Å². The summed E-state index contributed by atoms with van der Waals surface area (Å²) >= 11 is 0. The number of aryl methyl sites for hydroxylation is 1. The smallest absolute Gasteiger partial charge is 0.133 e. The van der Waals surface area contributed by atoms with Gasteiger partial charge in [-0.25, -0.2) is 9.97 Å². The van der Waals surface area contributed by atoms with Crippen molar-refractivity contribution in [3.05, 3.63) is 90.0 Å². The van der Waals surface area contributed by atoms with Crippen LogP contribution in [0.1, 0.15) is 36.2 Å². The van der Waals surface area contributed by atoms with Gasteiger partial charge in [0, 0.05) is 53.9 Å². The number of nitrogens with zero attached hydrogens (tertiary/aromatic N) is 4. The van der Waals surface area contributed by atoms with Crippen LogP contribution in [0.2, 0.25) is 0 Å². The van der Waals surface area contributed by atoms with Crippen LogP contribution >= 0.6 is 0 Å². The topological polar surface area (TPSA) is 52.4 Å². The average molecular weight is 495 g/mol. The van der Waals surface area contributed by atoms with Crippen molar-refractivity contribution in [1.82, 2.24) is 19.4 Å². The highest BCUT2D eigenvalue weighted by Crippen LogP contribution is 2.26. The van der Waals surface area contributed by atoms with Crippen molar-refractivity contribution in [3.8, 4) is 17.0 Å². The molecule has 190 valence electrons. The monoisotopic (exact) mass is 494 g/mol. The Bertz CT molecular complexity index is 1390. The molecule has 0 saturated carbocycles. The number of hydrogen-bond donors (Lipinski definition) is 0. The molecule has 8 bridgehead atoms. The Labute approximate surface area is 218 Å². The normalized spacial score (nSPS) is 17.5. The summed E-state index contributed by atoms with van der Waals surface area (Å²) in [5.74, 6) is 1.72. The van der Waals surface area contributed by atoms with Gasteiger partial charge in [-0.05, 0) is 74.3 Å². The Kier molecular flexibility index (Phi) is 7.28. The Balaban J connectivity index is 1.27. The molecule has 1 saturated heterocycles. The van der Waals surface area contributed by atoms with Gasteiger partial charge < -0.3 is 14.0 Å². The summed E-state index contributed by atoms with van der Waals surface area (Å²) in [7, 11) is 0. The first-order valence-corrected chi connectivity index (χ1v) is 13.4. The van der Waals surface area contributed by atoms with Crippen LogP contribution in [0.3, 0.4) is 0 Å². The van der Waals surface area contributed by atoms with Crippen molar-refractivity contribution in [2.75, 3.05) is 32.8 Å². The van der Waals surface area contributed by atoms with Crippen molar-refractivity contribution in [2.24, 2.45) is 0 Å². The molecule has 1 fully saturated rings. The van der Waals surface area contributed by atoms with Gasteiger partial charge in [-0.3, -0.25) is 4.90 Å². The second kappa shape index (κ2) is 11.3. The largest absolute Gasteiger partial charge is 0.492 e. The van der Waals surface area contributed by atoms with Crippen LogP contribution in [0, 0.1) is 0 Å². The van der Waals surface area contributed by atoms with Crippen molar-refractivity contribution >= 4 is 10.9 Å². The zero-order valence-electron chi connectivity index (χ0n) is 21.3. The van der Waals surface area contributed by atoms with E-state index in [1.807, 2.05) is 12.3 Å². The highest BCUT2D eigenvalue weighted by molar-refractivity contribution is 5.85. The minimum Gasteiger partial charge on any atom is -0.492 e. The molecular formula is C31H34N4O2. The summed E-state index contributed by atoms with van der Waals surface area (Å²) in [6.07, 6.45) is 12.6. The molecule has 0 unspecified atom stereocenters. The number of allylic oxidation sites excluding steroid dienone is 1. The van der Waals surface area contributed by atoms with Gasteiger partial charge in [0.15, 0.2) is 0 Å². The lowest BCUT2D eigenvalue weighted by molar-refractivity contribution is 0.144. The molecule has 6 nitrogen and oxygen atoms in total. The molecule has 3 aliphatic rings. The number of rotatable bonds is 4. The summed E-state index contributed by atoms with van der Waals surface area (Å²) in [6, 6.07) is 17.2. The van der Waals surface area contributed by atoms with Crippen molar-refractivity contribution in [2.45, 2.75) is 38.8 Å². The van der Waals surface area contributed by atoms with Crippen molar-refractivity contribution in [3.63, 3.8) is 0 Å². The highest BCUT2D eigenvalue weighted by Gasteiger charge is 2.13. The van der Waals surface area contributed by atoms with E-state index < -0.39 is 0 Å². The first-order valence-electron chi connectivity index (χ1n) is 13.4. The average Bonchev–Trinajstić information content (AvgIpc) is 3.59. The van der Waals surface area contributed by atoms with Crippen LogP contribution < -0.4 is 4.74 Å². The fourth-order valence-corrected chi connectivity index (χ4v) is 5.31. The van der Waals surface area contributed by atoms with Gasteiger partial charge in [0.2, 0.25) is 0 Å². The first kappa shape index (κ1) is 23.9. The molecule has 2 aromatic carbocycles. The summed E-state index contributed by atoms with van der Waals surface area (Å²) < 4.78 is 14.6. The van der Waals surface area contributed by atoms with Crippen LogP contribution in [0.5, 0.6) is 5.75 Å². The van der Waals surface area contributed by atoms with E-state index in [0.717, 1.165) is 53.5 Å². The first-order chi connectivity index (χ1) is 18.3. The summed E-state index contributed by atoms with van der Waals surface area (Å²) in [6.45, 7) is 6.07. The third kappa shape index (κ3) is 5.76. The van der Waals surface area contributed by atoms with Crippen molar-refractivity contribution < 1.29 is 9.47 Å². The number of ether oxygens (including phenoxy) is 2.